The second-order valence-corrected chi connectivity index (χ2v) is 6.22. The van der Waals surface area contributed by atoms with E-state index in [1.165, 1.54) is 23.9 Å². The zero-order valence-corrected chi connectivity index (χ0v) is 12.7. The largest absolute Gasteiger partial charge is 0.382 e. The van der Waals surface area contributed by atoms with Gasteiger partial charge in [0.15, 0.2) is 0 Å². The molecule has 1 saturated carbocycles. The molecule has 0 saturated heterocycles. The zero-order chi connectivity index (χ0) is 13.3. The molecule has 0 spiro atoms. The van der Waals surface area contributed by atoms with Crippen LogP contribution in [0.1, 0.15) is 46.1 Å². The van der Waals surface area contributed by atoms with E-state index in [2.05, 4.69) is 33.3 Å². The van der Waals surface area contributed by atoms with Crippen molar-refractivity contribution in [3.05, 3.63) is 21.0 Å². The van der Waals surface area contributed by atoms with Gasteiger partial charge in [-0.25, -0.2) is 4.68 Å². The molecule has 1 aliphatic rings. The fourth-order valence-corrected chi connectivity index (χ4v) is 2.47. The van der Waals surface area contributed by atoms with E-state index in [1.807, 2.05) is 13.8 Å². The first-order valence-corrected chi connectivity index (χ1v) is 7.29. The summed E-state index contributed by atoms with van der Waals surface area (Å²) in [5, 5.41) is 7.55. The number of hydrogen-bond acceptors (Lipinski definition) is 3. The third kappa shape index (κ3) is 2.60. The van der Waals surface area contributed by atoms with Crippen molar-refractivity contribution < 1.29 is 0 Å². The molecule has 0 bridgehead atoms. The van der Waals surface area contributed by atoms with Crippen LogP contribution in [-0.4, -0.2) is 16.3 Å². The molecular weight excluding hydrogens is 294 g/mol. The fraction of sp³-hybridized carbons (Fsp3) is 0.692. The topological polar surface area (TPSA) is 46.9 Å². The lowest BCUT2D eigenvalue weighted by molar-refractivity contribution is 0.498. The van der Waals surface area contributed by atoms with Gasteiger partial charge >= 0.3 is 0 Å². The van der Waals surface area contributed by atoms with E-state index in [1.54, 1.807) is 6.20 Å². The molecular formula is C13H20BrN3O. The molecule has 0 radical (unpaired) electrons. The van der Waals surface area contributed by atoms with Gasteiger partial charge in [0.05, 0.1) is 17.9 Å². The van der Waals surface area contributed by atoms with Gasteiger partial charge < -0.3 is 5.32 Å². The summed E-state index contributed by atoms with van der Waals surface area (Å²) in [7, 11) is 0. The zero-order valence-electron chi connectivity index (χ0n) is 11.2. The molecule has 2 rings (SSSR count). The molecule has 18 heavy (non-hydrogen) atoms. The maximum atomic E-state index is 12.1. The molecule has 0 aliphatic heterocycles. The Morgan fingerprint density at radius 2 is 2.22 bits per heavy atom. The summed E-state index contributed by atoms with van der Waals surface area (Å²) in [6.07, 6.45) is 5.49. The van der Waals surface area contributed by atoms with Crippen LogP contribution < -0.4 is 10.9 Å². The number of halogens is 1. The molecule has 1 fully saturated rings. The molecule has 100 valence electrons. The molecule has 4 nitrogen and oxygen atoms in total. The number of nitrogens with one attached hydrogen (secondary N) is 1. The second kappa shape index (κ2) is 5.03. The van der Waals surface area contributed by atoms with Gasteiger partial charge in [0.2, 0.25) is 0 Å². The van der Waals surface area contributed by atoms with Crippen LogP contribution in [0.4, 0.5) is 5.69 Å². The van der Waals surface area contributed by atoms with Gasteiger partial charge in [-0.3, -0.25) is 4.79 Å². The predicted molar refractivity (Wildman–Crippen MR) is 77.0 cm³/mol. The predicted octanol–water partition coefficient (Wildman–Crippen LogP) is 3.19. The van der Waals surface area contributed by atoms with Gasteiger partial charge in [-0.05, 0) is 54.5 Å². The highest BCUT2D eigenvalue weighted by atomic mass is 79.9. The Labute approximate surface area is 116 Å². The smallest absolute Gasteiger partial charge is 0.283 e. The van der Waals surface area contributed by atoms with E-state index in [4.69, 9.17) is 0 Å². The summed E-state index contributed by atoms with van der Waals surface area (Å²) in [5.74, 6) is 0. The molecule has 0 aromatic carbocycles. The normalized spacial score (nSPS) is 16.9. The fourth-order valence-electron chi connectivity index (χ4n) is 2.05. The molecule has 1 heterocycles. The number of anilines is 1. The average molecular weight is 314 g/mol. The van der Waals surface area contributed by atoms with E-state index in [9.17, 15) is 4.79 Å². The Hall–Kier alpha value is -0.840. The Morgan fingerprint density at radius 3 is 2.72 bits per heavy atom. The highest BCUT2D eigenvalue weighted by Crippen LogP contribution is 2.48. The van der Waals surface area contributed by atoms with Crippen molar-refractivity contribution >= 4 is 21.6 Å². The lowest BCUT2D eigenvalue weighted by Crippen LogP contribution is -2.26. The van der Waals surface area contributed by atoms with Crippen LogP contribution in [0.5, 0.6) is 0 Å². The van der Waals surface area contributed by atoms with Gasteiger partial charge in [-0.2, -0.15) is 5.10 Å². The Morgan fingerprint density at radius 1 is 1.56 bits per heavy atom. The summed E-state index contributed by atoms with van der Waals surface area (Å²) in [6.45, 7) is 7.04. The van der Waals surface area contributed by atoms with E-state index in [-0.39, 0.29) is 11.6 Å². The monoisotopic (exact) mass is 313 g/mol. The minimum Gasteiger partial charge on any atom is -0.382 e. The Bertz CT molecular complexity index is 491. The van der Waals surface area contributed by atoms with Crippen molar-refractivity contribution in [3.63, 3.8) is 0 Å². The molecule has 0 unspecified atom stereocenters. The lowest BCUT2D eigenvalue weighted by atomic mass is 10.0. The quantitative estimate of drug-likeness (QED) is 0.908. The van der Waals surface area contributed by atoms with Gasteiger partial charge in [-0.1, -0.05) is 6.92 Å². The van der Waals surface area contributed by atoms with Crippen molar-refractivity contribution in [2.45, 2.75) is 46.1 Å². The summed E-state index contributed by atoms with van der Waals surface area (Å²) in [6, 6.07) is 0.0771. The van der Waals surface area contributed by atoms with E-state index in [0.29, 0.717) is 9.89 Å². The van der Waals surface area contributed by atoms with Crippen molar-refractivity contribution in [3.8, 4) is 0 Å². The van der Waals surface area contributed by atoms with Crippen LogP contribution in [0.3, 0.4) is 0 Å². The first-order valence-electron chi connectivity index (χ1n) is 6.50. The summed E-state index contributed by atoms with van der Waals surface area (Å²) in [5.41, 5.74) is 1.18. The Kier molecular flexibility index (Phi) is 3.80. The van der Waals surface area contributed by atoms with Crippen molar-refractivity contribution in [2.24, 2.45) is 5.41 Å². The highest BCUT2D eigenvalue weighted by Gasteiger charge is 2.40. The van der Waals surface area contributed by atoms with E-state index in [0.717, 1.165) is 12.2 Å². The minimum atomic E-state index is -0.0728. The van der Waals surface area contributed by atoms with Gasteiger partial charge in [-0.15, -0.1) is 0 Å². The van der Waals surface area contributed by atoms with Crippen LogP contribution in [0.25, 0.3) is 0 Å². The van der Waals surface area contributed by atoms with Crippen LogP contribution in [0, 0.1) is 5.41 Å². The highest BCUT2D eigenvalue weighted by molar-refractivity contribution is 9.10. The molecule has 1 aromatic heterocycles. The summed E-state index contributed by atoms with van der Waals surface area (Å²) in [4.78, 5) is 12.1. The Balaban J connectivity index is 2.15. The summed E-state index contributed by atoms with van der Waals surface area (Å²) < 4.78 is 2.07. The van der Waals surface area contributed by atoms with Crippen molar-refractivity contribution in [2.75, 3.05) is 11.9 Å². The molecule has 0 atom stereocenters. The third-order valence-electron chi connectivity index (χ3n) is 3.79. The average Bonchev–Trinajstić information content (AvgIpc) is 3.11. The van der Waals surface area contributed by atoms with E-state index < -0.39 is 0 Å². The first-order chi connectivity index (χ1) is 8.49. The maximum absolute atomic E-state index is 12.1. The van der Waals surface area contributed by atoms with Crippen LogP contribution in [-0.2, 0) is 0 Å². The molecule has 1 aromatic rings. The molecule has 5 heteroatoms. The maximum Gasteiger partial charge on any atom is 0.283 e. The van der Waals surface area contributed by atoms with Crippen LogP contribution in [0.15, 0.2) is 15.5 Å². The summed E-state index contributed by atoms with van der Waals surface area (Å²) >= 11 is 3.37. The first kappa shape index (κ1) is 13.6. The SMILES string of the molecule is CCC1(CNc2cnn(C(C)C)c(=O)c2Br)CC1. The van der Waals surface area contributed by atoms with Crippen LogP contribution in [0.2, 0.25) is 0 Å². The molecule has 1 aliphatic carbocycles. The second-order valence-electron chi connectivity index (χ2n) is 5.42. The van der Waals surface area contributed by atoms with Gasteiger partial charge in [0.1, 0.15) is 4.47 Å². The molecule has 1 N–H and O–H groups in total. The van der Waals surface area contributed by atoms with Crippen molar-refractivity contribution in [1.82, 2.24) is 9.78 Å². The number of rotatable bonds is 5. The number of aromatic nitrogens is 2. The van der Waals surface area contributed by atoms with Gasteiger partial charge in [0, 0.05) is 6.54 Å². The third-order valence-corrected chi connectivity index (χ3v) is 4.56. The van der Waals surface area contributed by atoms with Crippen molar-refractivity contribution in [1.29, 1.82) is 0 Å². The van der Waals surface area contributed by atoms with Gasteiger partial charge in [0.25, 0.3) is 5.56 Å². The van der Waals surface area contributed by atoms with Crippen LogP contribution >= 0.6 is 15.9 Å². The minimum absolute atomic E-state index is 0.0728. The number of nitrogens with zero attached hydrogens (tertiary/aromatic N) is 2. The lowest BCUT2D eigenvalue weighted by Gasteiger charge is -2.16. The molecule has 0 amide bonds. The number of hydrogen-bond donors (Lipinski definition) is 1. The standard InChI is InChI=1S/C13H20BrN3O/c1-4-13(5-6-13)8-15-10-7-16-17(9(2)3)12(18)11(10)14/h7,9,15H,4-6,8H2,1-3H3. The van der Waals surface area contributed by atoms with E-state index >= 15 is 0 Å².